The van der Waals surface area contributed by atoms with Crippen LogP contribution >= 0.6 is 35.0 Å². The van der Waals surface area contributed by atoms with Gasteiger partial charge in [-0.05, 0) is 53.2 Å². The third kappa shape index (κ3) is 5.35. The SMILES string of the molecule is CC(=O)NC1=NC(=O)/C(=C/c2ccc(OCc3cccc(Cl)c3)c(Cl)c2)S1. The second-order valence-corrected chi connectivity index (χ2v) is 7.50. The molecular formula is C19H14Cl2N2O3S. The fourth-order valence-corrected chi connectivity index (χ4v) is 3.59. The van der Waals surface area contributed by atoms with Crippen molar-refractivity contribution in [1.82, 2.24) is 5.32 Å². The van der Waals surface area contributed by atoms with E-state index in [1.807, 2.05) is 18.2 Å². The summed E-state index contributed by atoms with van der Waals surface area (Å²) in [6.45, 7) is 1.69. The van der Waals surface area contributed by atoms with Gasteiger partial charge >= 0.3 is 0 Å². The number of aliphatic imine (C=N–C) groups is 1. The third-order valence-corrected chi connectivity index (χ3v) is 4.87. The van der Waals surface area contributed by atoms with Gasteiger partial charge in [0.05, 0.1) is 9.93 Å². The van der Waals surface area contributed by atoms with Gasteiger partial charge in [0.25, 0.3) is 5.91 Å². The molecular weight excluding hydrogens is 407 g/mol. The summed E-state index contributed by atoms with van der Waals surface area (Å²) < 4.78 is 5.73. The Morgan fingerprint density at radius 2 is 2.07 bits per heavy atom. The number of hydrogen-bond acceptors (Lipinski definition) is 4. The zero-order chi connectivity index (χ0) is 19.4. The van der Waals surface area contributed by atoms with E-state index in [0.717, 1.165) is 22.9 Å². The number of ether oxygens (including phenoxy) is 1. The first-order valence-electron chi connectivity index (χ1n) is 7.87. The lowest BCUT2D eigenvalue weighted by Gasteiger charge is -2.09. The van der Waals surface area contributed by atoms with Crippen molar-refractivity contribution in [1.29, 1.82) is 0 Å². The number of thioether (sulfide) groups is 1. The molecule has 0 unspecified atom stereocenters. The largest absolute Gasteiger partial charge is 0.487 e. The molecule has 0 atom stereocenters. The zero-order valence-electron chi connectivity index (χ0n) is 14.2. The van der Waals surface area contributed by atoms with Gasteiger partial charge < -0.3 is 10.1 Å². The van der Waals surface area contributed by atoms with Crippen LogP contribution in [0.25, 0.3) is 6.08 Å². The number of rotatable bonds is 4. The number of amides is 2. The molecule has 1 N–H and O–H groups in total. The summed E-state index contributed by atoms with van der Waals surface area (Å²) in [5, 5.41) is 3.83. The van der Waals surface area contributed by atoms with E-state index in [1.165, 1.54) is 6.92 Å². The smallest absolute Gasteiger partial charge is 0.286 e. The van der Waals surface area contributed by atoms with Crippen LogP contribution in [0.3, 0.4) is 0 Å². The average Bonchev–Trinajstić information content (AvgIpc) is 2.92. The van der Waals surface area contributed by atoms with Gasteiger partial charge in [-0.1, -0.05) is 41.4 Å². The molecule has 2 aromatic carbocycles. The van der Waals surface area contributed by atoms with Crippen LogP contribution in [-0.4, -0.2) is 17.0 Å². The van der Waals surface area contributed by atoms with Crippen LogP contribution in [0.5, 0.6) is 5.75 Å². The van der Waals surface area contributed by atoms with Crippen molar-refractivity contribution < 1.29 is 14.3 Å². The molecule has 3 rings (SSSR count). The Kier molecular flexibility index (Phi) is 6.21. The minimum atomic E-state index is -0.402. The first-order chi connectivity index (χ1) is 12.9. The Hall–Kier alpha value is -2.28. The minimum absolute atomic E-state index is 0.270. The molecule has 2 amide bonds. The Balaban J connectivity index is 1.68. The molecule has 0 bridgehead atoms. The quantitative estimate of drug-likeness (QED) is 0.729. The Labute approximate surface area is 170 Å². The van der Waals surface area contributed by atoms with Gasteiger partial charge in [0, 0.05) is 11.9 Å². The van der Waals surface area contributed by atoms with E-state index in [-0.39, 0.29) is 11.1 Å². The highest BCUT2D eigenvalue weighted by atomic mass is 35.5. The van der Waals surface area contributed by atoms with E-state index >= 15 is 0 Å². The standard InChI is InChI=1S/C19H14Cl2N2O3S/c1-11(24)22-19-23-18(25)17(27-19)9-12-5-6-16(15(21)8-12)26-10-13-3-2-4-14(20)7-13/h2-9H,10H2,1H3,(H,22,23,24,25)/b17-9-. The van der Waals surface area contributed by atoms with Gasteiger partial charge in [-0.3, -0.25) is 9.59 Å². The molecule has 138 valence electrons. The van der Waals surface area contributed by atoms with Gasteiger partial charge in [0.2, 0.25) is 5.91 Å². The van der Waals surface area contributed by atoms with Crippen molar-refractivity contribution in [3.8, 4) is 5.75 Å². The van der Waals surface area contributed by atoms with E-state index in [1.54, 1.807) is 30.3 Å². The fraction of sp³-hybridized carbons (Fsp3) is 0.105. The highest BCUT2D eigenvalue weighted by Gasteiger charge is 2.22. The molecule has 0 radical (unpaired) electrons. The zero-order valence-corrected chi connectivity index (χ0v) is 16.5. The maximum atomic E-state index is 11.9. The Morgan fingerprint density at radius 1 is 1.26 bits per heavy atom. The fourth-order valence-electron chi connectivity index (χ4n) is 2.28. The molecule has 1 heterocycles. The van der Waals surface area contributed by atoms with Gasteiger partial charge in [-0.2, -0.15) is 4.99 Å². The average molecular weight is 421 g/mol. The third-order valence-electron chi connectivity index (χ3n) is 3.44. The maximum absolute atomic E-state index is 11.9. The van der Waals surface area contributed by atoms with Gasteiger partial charge in [0.15, 0.2) is 5.17 Å². The van der Waals surface area contributed by atoms with Crippen molar-refractivity contribution >= 4 is 58.0 Å². The Morgan fingerprint density at radius 3 is 2.78 bits per heavy atom. The molecule has 0 spiro atoms. The van der Waals surface area contributed by atoms with Crippen molar-refractivity contribution in [2.75, 3.05) is 0 Å². The van der Waals surface area contributed by atoms with E-state index in [2.05, 4.69) is 10.3 Å². The predicted octanol–water partition coefficient (Wildman–Crippen LogP) is 4.68. The molecule has 2 aromatic rings. The molecule has 0 saturated carbocycles. The van der Waals surface area contributed by atoms with Crippen LogP contribution in [-0.2, 0) is 16.2 Å². The lowest BCUT2D eigenvalue weighted by atomic mass is 10.2. The van der Waals surface area contributed by atoms with Crippen LogP contribution in [0.1, 0.15) is 18.1 Å². The van der Waals surface area contributed by atoms with Crippen LogP contribution < -0.4 is 10.1 Å². The van der Waals surface area contributed by atoms with Crippen LogP contribution in [0, 0.1) is 0 Å². The van der Waals surface area contributed by atoms with Crippen molar-refractivity contribution in [3.05, 3.63) is 68.5 Å². The van der Waals surface area contributed by atoms with Gasteiger partial charge in [-0.15, -0.1) is 0 Å². The topological polar surface area (TPSA) is 67.8 Å². The van der Waals surface area contributed by atoms with Crippen LogP contribution in [0.2, 0.25) is 10.0 Å². The Bertz CT molecular complexity index is 973. The highest BCUT2D eigenvalue weighted by Crippen LogP contribution is 2.31. The van der Waals surface area contributed by atoms with Crippen molar-refractivity contribution in [2.45, 2.75) is 13.5 Å². The number of hydrogen-bond donors (Lipinski definition) is 1. The lowest BCUT2D eigenvalue weighted by molar-refractivity contribution is -0.117. The first kappa shape index (κ1) is 19.5. The van der Waals surface area contributed by atoms with E-state index in [0.29, 0.717) is 27.3 Å². The van der Waals surface area contributed by atoms with Crippen LogP contribution in [0.4, 0.5) is 0 Å². The van der Waals surface area contributed by atoms with E-state index in [4.69, 9.17) is 27.9 Å². The molecule has 1 aliphatic rings. The molecule has 0 aliphatic carbocycles. The monoisotopic (exact) mass is 420 g/mol. The van der Waals surface area contributed by atoms with E-state index < -0.39 is 5.91 Å². The summed E-state index contributed by atoms with van der Waals surface area (Å²) >= 11 is 13.4. The number of carbonyl (C=O) groups is 2. The van der Waals surface area contributed by atoms with Gasteiger partial charge in [-0.25, -0.2) is 0 Å². The molecule has 0 saturated heterocycles. The number of benzene rings is 2. The maximum Gasteiger partial charge on any atom is 0.286 e. The lowest BCUT2D eigenvalue weighted by Crippen LogP contribution is -2.23. The number of nitrogens with zero attached hydrogens (tertiary/aromatic N) is 1. The van der Waals surface area contributed by atoms with Crippen LogP contribution in [0.15, 0.2) is 52.4 Å². The second-order valence-electron chi connectivity index (χ2n) is 5.62. The predicted molar refractivity (Wildman–Crippen MR) is 109 cm³/mol. The number of carbonyl (C=O) groups excluding carboxylic acids is 2. The normalized spacial score (nSPS) is 15.0. The molecule has 27 heavy (non-hydrogen) atoms. The first-order valence-corrected chi connectivity index (χ1v) is 9.45. The summed E-state index contributed by atoms with van der Waals surface area (Å²) in [6, 6.07) is 12.6. The number of nitrogens with one attached hydrogen (secondary N) is 1. The minimum Gasteiger partial charge on any atom is -0.487 e. The molecule has 0 fully saturated rings. The summed E-state index contributed by atoms with van der Waals surface area (Å²) in [5.41, 5.74) is 1.66. The number of amidine groups is 1. The summed E-state index contributed by atoms with van der Waals surface area (Å²) in [5.74, 6) is -0.153. The summed E-state index contributed by atoms with van der Waals surface area (Å²) in [6.07, 6.45) is 1.66. The van der Waals surface area contributed by atoms with Crippen molar-refractivity contribution in [3.63, 3.8) is 0 Å². The summed E-state index contributed by atoms with van der Waals surface area (Å²) in [7, 11) is 0. The highest BCUT2D eigenvalue weighted by molar-refractivity contribution is 8.18. The van der Waals surface area contributed by atoms with Gasteiger partial charge in [0.1, 0.15) is 12.4 Å². The molecule has 1 aliphatic heterocycles. The van der Waals surface area contributed by atoms with E-state index in [9.17, 15) is 9.59 Å². The molecule has 5 nitrogen and oxygen atoms in total. The second kappa shape index (κ2) is 8.61. The summed E-state index contributed by atoms with van der Waals surface area (Å²) in [4.78, 5) is 27.2. The van der Waals surface area contributed by atoms with Crippen molar-refractivity contribution in [2.24, 2.45) is 4.99 Å². The molecule has 8 heteroatoms. The molecule has 0 aromatic heterocycles. The number of halogens is 2.